The minimum Gasteiger partial charge on any atom is -0.350 e. The smallest absolute Gasteiger partial charge is 0.260 e. The lowest BCUT2D eigenvalue weighted by Crippen LogP contribution is -2.47. The van der Waals surface area contributed by atoms with Crippen LogP contribution in [0.2, 0.25) is 0 Å². The first-order chi connectivity index (χ1) is 14.6. The fourth-order valence-electron chi connectivity index (χ4n) is 2.91. The van der Waals surface area contributed by atoms with E-state index in [4.69, 9.17) is 0 Å². The molecule has 1 atom stereocenters. The number of para-hydroxylation sites is 2. The molecule has 0 radical (unpaired) electrons. The fourth-order valence-corrected chi connectivity index (χ4v) is 4.88. The molecule has 7 nitrogen and oxygen atoms in total. The molecule has 0 aliphatic heterocycles. The van der Waals surface area contributed by atoms with Crippen LogP contribution in [0.15, 0.2) is 48.5 Å². The largest absolute Gasteiger partial charge is 0.350 e. The Morgan fingerprint density at radius 3 is 2.30 bits per heavy atom. The molecular weight excluding hydrogens is 418 g/mol. The summed E-state index contributed by atoms with van der Waals surface area (Å²) in [7, 11) is 0. The van der Waals surface area contributed by atoms with Crippen molar-refractivity contribution in [2.45, 2.75) is 32.2 Å². The van der Waals surface area contributed by atoms with E-state index in [0.29, 0.717) is 18.0 Å². The first-order valence-corrected chi connectivity index (χ1v) is 11.3. The Bertz CT molecular complexity index is 1120. The van der Waals surface area contributed by atoms with Crippen LogP contribution in [0.25, 0.3) is 20.4 Å². The lowest BCUT2D eigenvalue weighted by Gasteiger charge is -2.13. The predicted octanol–water partition coefficient (Wildman–Crippen LogP) is 3.88. The molecule has 0 saturated heterocycles. The zero-order valence-electron chi connectivity index (χ0n) is 16.3. The van der Waals surface area contributed by atoms with Gasteiger partial charge >= 0.3 is 0 Å². The van der Waals surface area contributed by atoms with Gasteiger partial charge in [0.15, 0.2) is 5.13 Å². The summed E-state index contributed by atoms with van der Waals surface area (Å²) in [5.74, 6) is -0.551. The summed E-state index contributed by atoms with van der Waals surface area (Å²) < 4.78 is 2.20. The summed E-state index contributed by atoms with van der Waals surface area (Å²) in [5.41, 5.74) is 6.82. The number of carbonyl (C=O) groups is 2. The Balaban J connectivity index is 1.19. The normalized spacial score (nSPS) is 12.0. The minimum absolute atomic E-state index is 0.225. The van der Waals surface area contributed by atoms with Gasteiger partial charge in [0.25, 0.3) is 5.91 Å². The number of aryl methyl sites for hydroxylation is 1. The van der Waals surface area contributed by atoms with Crippen LogP contribution >= 0.6 is 22.7 Å². The van der Waals surface area contributed by atoms with Crippen molar-refractivity contribution in [3.63, 3.8) is 0 Å². The number of nitrogens with zero attached hydrogens (tertiary/aromatic N) is 2. The summed E-state index contributed by atoms with van der Waals surface area (Å²) in [4.78, 5) is 33.3. The molecule has 0 spiro atoms. The van der Waals surface area contributed by atoms with E-state index in [1.54, 1.807) is 18.3 Å². The van der Waals surface area contributed by atoms with Gasteiger partial charge in [0.1, 0.15) is 6.04 Å². The Morgan fingerprint density at radius 1 is 0.933 bits per heavy atom. The molecule has 0 saturated carbocycles. The van der Waals surface area contributed by atoms with Crippen molar-refractivity contribution in [1.29, 1.82) is 0 Å². The first-order valence-electron chi connectivity index (χ1n) is 9.64. The average molecular weight is 440 g/mol. The summed E-state index contributed by atoms with van der Waals surface area (Å²) >= 11 is 3.13. The molecule has 0 bridgehead atoms. The standard InChI is InChI=1S/C21H21N5O2S2/c1-13(22-21-24-15-8-3-5-10-17(15)30-21)20(28)26-25-18(27)11-6-12-19-23-14-7-2-4-9-16(14)29-19/h2-5,7-10,13H,6,11-12H2,1H3,(H,22,24)(H,25,27)(H,26,28). The van der Waals surface area contributed by atoms with Gasteiger partial charge in [0.2, 0.25) is 5.91 Å². The number of thiazole rings is 2. The summed E-state index contributed by atoms with van der Waals surface area (Å²) in [6.07, 6.45) is 1.72. The molecule has 2 aromatic heterocycles. The van der Waals surface area contributed by atoms with E-state index in [2.05, 4.69) is 26.1 Å². The third-order valence-electron chi connectivity index (χ3n) is 4.48. The van der Waals surface area contributed by atoms with E-state index in [-0.39, 0.29) is 11.8 Å². The van der Waals surface area contributed by atoms with Gasteiger partial charge in [0, 0.05) is 6.42 Å². The average Bonchev–Trinajstić information content (AvgIpc) is 3.34. The molecular formula is C21H21N5O2S2. The van der Waals surface area contributed by atoms with Crippen molar-refractivity contribution >= 4 is 60.1 Å². The quantitative estimate of drug-likeness (QED) is 0.380. The van der Waals surface area contributed by atoms with Gasteiger partial charge in [-0.1, -0.05) is 35.6 Å². The second-order valence-electron chi connectivity index (χ2n) is 6.82. The molecule has 0 fully saturated rings. The lowest BCUT2D eigenvalue weighted by atomic mass is 10.2. The number of aromatic nitrogens is 2. The van der Waals surface area contributed by atoms with Crippen LogP contribution in [0.5, 0.6) is 0 Å². The molecule has 4 rings (SSSR count). The van der Waals surface area contributed by atoms with Gasteiger partial charge in [0.05, 0.1) is 25.4 Å². The number of fused-ring (bicyclic) bond motifs is 2. The van der Waals surface area contributed by atoms with Gasteiger partial charge in [-0.15, -0.1) is 11.3 Å². The molecule has 154 valence electrons. The number of benzene rings is 2. The highest BCUT2D eigenvalue weighted by Crippen LogP contribution is 2.26. The van der Waals surface area contributed by atoms with Crippen LogP contribution in [0.3, 0.4) is 0 Å². The van der Waals surface area contributed by atoms with Crippen LogP contribution < -0.4 is 16.2 Å². The third-order valence-corrected chi connectivity index (χ3v) is 6.55. The lowest BCUT2D eigenvalue weighted by molar-refractivity contribution is -0.129. The van der Waals surface area contributed by atoms with Crippen molar-refractivity contribution in [1.82, 2.24) is 20.8 Å². The number of hydrazine groups is 1. The van der Waals surface area contributed by atoms with E-state index in [1.807, 2.05) is 48.5 Å². The molecule has 0 aliphatic carbocycles. The van der Waals surface area contributed by atoms with Gasteiger partial charge < -0.3 is 5.32 Å². The van der Waals surface area contributed by atoms with E-state index < -0.39 is 6.04 Å². The number of hydrogen-bond donors (Lipinski definition) is 3. The van der Waals surface area contributed by atoms with Gasteiger partial charge in [-0.05, 0) is 44.0 Å². The van der Waals surface area contributed by atoms with Crippen molar-refractivity contribution in [3.05, 3.63) is 53.5 Å². The molecule has 0 aliphatic rings. The van der Waals surface area contributed by atoms with Crippen molar-refractivity contribution < 1.29 is 9.59 Å². The van der Waals surface area contributed by atoms with Gasteiger partial charge in [-0.3, -0.25) is 20.4 Å². The highest BCUT2D eigenvalue weighted by molar-refractivity contribution is 7.22. The second kappa shape index (κ2) is 9.19. The maximum absolute atomic E-state index is 12.2. The predicted molar refractivity (Wildman–Crippen MR) is 122 cm³/mol. The fraction of sp³-hybridized carbons (Fsp3) is 0.238. The summed E-state index contributed by atoms with van der Waals surface area (Å²) in [6.45, 7) is 1.72. The van der Waals surface area contributed by atoms with Crippen molar-refractivity contribution in [2.24, 2.45) is 0 Å². The van der Waals surface area contributed by atoms with Crippen molar-refractivity contribution in [2.75, 3.05) is 5.32 Å². The van der Waals surface area contributed by atoms with Crippen LogP contribution in [0.1, 0.15) is 24.8 Å². The molecule has 2 heterocycles. The van der Waals surface area contributed by atoms with E-state index in [9.17, 15) is 9.59 Å². The van der Waals surface area contributed by atoms with Crippen LogP contribution in [-0.4, -0.2) is 27.8 Å². The zero-order chi connectivity index (χ0) is 20.9. The van der Waals surface area contributed by atoms with E-state index in [0.717, 1.165) is 31.9 Å². The van der Waals surface area contributed by atoms with Crippen LogP contribution in [-0.2, 0) is 16.0 Å². The van der Waals surface area contributed by atoms with E-state index >= 15 is 0 Å². The number of nitrogens with one attached hydrogen (secondary N) is 3. The number of carbonyl (C=O) groups excluding carboxylic acids is 2. The van der Waals surface area contributed by atoms with E-state index in [1.165, 1.54) is 11.3 Å². The highest BCUT2D eigenvalue weighted by atomic mass is 32.1. The minimum atomic E-state index is -0.534. The topological polar surface area (TPSA) is 96.0 Å². The first kappa shape index (κ1) is 20.2. The maximum Gasteiger partial charge on any atom is 0.260 e. The SMILES string of the molecule is CC(Nc1nc2ccccc2s1)C(=O)NNC(=O)CCCc1nc2ccccc2s1. The summed E-state index contributed by atoms with van der Waals surface area (Å²) in [5, 5.41) is 4.75. The number of hydrogen-bond acceptors (Lipinski definition) is 7. The van der Waals surface area contributed by atoms with Crippen molar-refractivity contribution in [3.8, 4) is 0 Å². The zero-order valence-corrected chi connectivity index (χ0v) is 18.0. The number of amides is 2. The second-order valence-corrected chi connectivity index (χ2v) is 8.96. The molecule has 2 amide bonds. The third kappa shape index (κ3) is 4.92. The molecule has 4 aromatic rings. The highest BCUT2D eigenvalue weighted by Gasteiger charge is 2.15. The number of rotatable bonds is 7. The Morgan fingerprint density at radius 2 is 1.60 bits per heavy atom. The van der Waals surface area contributed by atoms with Gasteiger partial charge in [-0.25, -0.2) is 9.97 Å². The van der Waals surface area contributed by atoms with Crippen LogP contribution in [0, 0.1) is 0 Å². The monoisotopic (exact) mass is 439 g/mol. The maximum atomic E-state index is 12.2. The Hall–Kier alpha value is -3.04. The Labute approximate surface area is 181 Å². The summed E-state index contributed by atoms with van der Waals surface area (Å²) in [6, 6.07) is 15.2. The molecule has 30 heavy (non-hydrogen) atoms. The Kier molecular flexibility index (Phi) is 6.20. The molecule has 2 aromatic carbocycles. The molecule has 1 unspecified atom stereocenters. The molecule has 3 N–H and O–H groups in total. The van der Waals surface area contributed by atoms with Gasteiger partial charge in [-0.2, -0.15) is 0 Å². The number of anilines is 1. The molecule has 9 heteroatoms. The van der Waals surface area contributed by atoms with Crippen LogP contribution in [0.4, 0.5) is 5.13 Å².